The van der Waals surface area contributed by atoms with Gasteiger partial charge in [0.1, 0.15) is 12.4 Å². The maximum absolute atomic E-state index is 5.96. The summed E-state index contributed by atoms with van der Waals surface area (Å²) < 4.78 is 5.96. The fourth-order valence-electron chi connectivity index (χ4n) is 2.06. The summed E-state index contributed by atoms with van der Waals surface area (Å²) in [6.45, 7) is 3.69. The Balaban J connectivity index is 1.67. The molecule has 19 heavy (non-hydrogen) atoms. The SMILES string of the molecule is Cc1ccc(OCc2ccsc2)c(CNC2CC2)c1. The van der Waals surface area contributed by atoms with Gasteiger partial charge in [-0.1, -0.05) is 17.7 Å². The van der Waals surface area contributed by atoms with Gasteiger partial charge >= 0.3 is 0 Å². The lowest BCUT2D eigenvalue weighted by molar-refractivity contribution is 0.302. The van der Waals surface area contributed by atoms with Crippen molar-refractivity contribution in [3.05, 3.63) is 51.7 Å². The summed E-state index contributed by atoms with van der Waals surface area (Å²) in [7, 11) is 0. The van der Waals surface area contributed by atoms with Gasteiger partial charge in [0, 0.05) is 18.2 Å². The molecule has 0 bridgehead atoms. The van der Waals surface area contributed by atoms with Crippen molar-refractivity contribution in [2.75, 3.05) is 0 Å². The second-order valence-electron chi connectivity index (χ2n) is 5.19. The predicted molar refractivity (Wildman–Crippen MR) is 79.7 cm³/mol. The van der Waals surface area contributed by atoms with Gasteiger partial charge in [-0.25, -0.2) is 0 Å². The van der Waals surface area contributed by atoms with Crippen molar-refractivity contribution in [2.45, 2.75) is 39.0 Å². The molecule has 0 amide bonds. The lowest BCUT2D eigenvalue weighted by atomic mass is 10.1. The third-order valence-corrected chi connectivity index (χ3v) is 4.08. The summed E-state index contributed by atoms with van der Waals surface area (Å²) >= 11 is 1.71. The molecule has 0 atom stereocenters. The van der Waals surface area contributed by atoms with Crippen molar-refractivity contribution in [3.8, 4) is 5.75 Å². The minimum atomic E-state index is 0.656. The minimum Gasteiger partial charge on any atom is -0.489 e. The van der Waals surface area contributed by atoms with E-state index >= 15 is 0 Å². The van der Waals surface area contributed by atoms with E-state index in [1.54, 1.807) is 11.3 Å². The second kappa shape index (κ2) is 5.76. The summed E-state index contributed by atoms with van der Waals surface area (Å²) in [5.74, 6) is 1.00. The number of thiophene rings is 1. The Morgan fingerprint density at radius 2 is 2.21 bits per heavy atom. The molecule has 1 fully saturated rings. The normalized spacial score (nSPS) is 14.6. The van der Waals surface area contributed by atoms with Crippen LogP contribution >= 0.6 is 11.3 Å². The van der Waals surface area contributed by atoms with Crippen LogP contribution in [0.3, 0.4) is 0 Å². The highest BCUT2D eigenvalue weighted by Gasteiger charge is 2.20. The van der Waals surface area contributed by atoms with Crippen molar-refractivity contribution >= 4 is 11.3 Å². The zero-order chi connectivity index (χ0) is 13.1. The largest absolute Gasteiger partial charge is 0.489 e. The first-order chi connectivity index (χ1) is 9.31. The summed E-state index contributed by atoms with van der Waals surface area (Å²) in [5.41, 5.74) is 3.80. The van der Waals surface area contributed by atoms with Gasteiger partial charge in [-0.3, -0.25) is 0 Å². The van der Waals surface area contributed by atoms with Crippen LogP contribution in [-0.4, -0.2) is 6.04 Å². The van der Waals surface area contributed by atoms with E-state index in [1.807, 2.05) is 0 Å². The van der Waals surface area contributed by atoms with Crippen molar-refractivity contribution in [1.29, 1.82) is 0 Å². The van der Waals surface area contributed by atoms with E-state index in [-0.39, 0.29) is 0 Å². The molecular weight excluding hydrogens is 254 g/mol. The van der Waals surface area contributed by atoms with Gasteiger partial charge in [0.25, 0.3) is 0 Å². The molecule has 1 heterocycles. The highest BCUT2D eigenvalue weighted by Crippen LogP contribution is 2.24. The quantitative estimate of drug-likeness (QED) is 0.862. The summed E-state index contributed by atoms with van der Waals surface area (Å²) in [4.78, 5) is 0. The van der Waals surface area contributed by atoms with Crippen molar-refractivity contribution in [1.82, 2.24) is 5.32 Å². The molecule has 2 nitrogen and oxygen atoms in total. The van der Waals surface area contributed by atoms with E-state index in [2.05, 4.69) is 47.3 Å². The Morgan fingerprint density at radius 3 is 2.95 bits per heavy atom. The highest BCUT2D eigenvalue weighted by atomic mass is 32.1. The standard InChI is InChI=1S/C16H19NOS/c1-12-2-5-16(18-10-13-6-7-19-11-13)14(8-12)9-17-15-3-4-15/h2,5-8,11,15,17H,3-4,9-10H2,1H3. The van der Waals surface area contributed by atoms with Crippen molar-refractivity contribution < 1.29 is 4.74 Å². The lowest BCUT2D eigenvalue weighted by Crippen LogP contribution is -2.16. The Labute approximate surface area is 118 Å². The van der Waals surface area contributed by atoms with Crippen LogP contribution < -0.4 is 10.1 Å². The molecule has 1 aromatic carbocycles. The average Bonchev–Trinajstić information content (AvgIpc) is 3.10. The second-order valence-corrected chi connectivity index (χ2v) is 5.97. The van der Waals surface area contributed by atoms with Crippen LogP contribution in [-0.2, 0) is 13.2 Å². The number of hydrogen-bond acceptors (Lipinski definition) is 3. The van der Waals surface area contributed by atoms with Gasteiger partial charge in [-0.15, -0.1) is 0 Å². The Bertz CT molecular complexity index is 532. The molecule has 0 unspecified atom stereocenters. The Kier molecular flexibility index (Phi) is 3.85. The smallest absolute Gasteiger partial charge is 0.124 e. The maximum atomic E-state index is 5.96. The Hall–Kier alpha value is -1.32. The molecule has 1 aromatic heterocycles. The summed E-state index contributed by atoms with van der Waals surface area (Å²) in [6, 6.07) is 9.26. The van der Waals surface area contributed by atoms with E-state index in [4.69, 9.17) is 4.74 Å². The van der Waals surface area contributed by atoms with E-state index in [1.165, 1.54) is 29.5 Å². The monoisotopic (exact) mass is 273 g/mol. The number of aryl methyl sites for hydroxylation is 1. The predicted octanol–water partition coefficient (Wildman–Crippen LogP) is 3.89. The first kappa shape index (κ1) is 12.7. The zero-order valence-corrected chi connectivity index (χ0v) is 12.0. The third-order valence-electron chi connectivity index (χ3n) is 3.35. The van der Waals surface area contributed by atoms with Gasteiger partial charge in [-0.2, -0.15) is 11.3 Å². The van der Waals surface area contributed by atoms with E-state index in [9.17, 15) is 0 Å². The topological polar surface area (TPSA) is 21.3 Å². The highest BCUT2D eigenvalue weighted by molar-refractivity contribution is 7.07. The first-order valence-electron chi connectivity index (χ1n) is 6.78. The van der Waals surface area contributed by atoms with Crippen molar-refractivity contribution in [2.24, 2.45) is 0 Å². The molecule has 1 aliphatic rings. The third kappa shape index (κ3) is 3.58. The van der Waals surface area contributed by atoms with Gasteiger partial charge < -0.3 is 10.1 Å². The molecule has 1 saturated carbocycles. The summed E-state index contributed by atoms with van der Waals surface area (Å²) in [5, 5.41) is 7.78. The van der Waals surface area contributed by atoms with Crippen LogP contribution in [0.4, 0.5) is 0 Å². The average molecular weight is 273 g/mol. The van der Waals surface area contributed by atoms with Crippen LogP contribution in [0.1, 0.15) is 29.5 Å². The molecule has 3 heteroatoms. The molecule has 0 radical (unpaired) electrons. The zero-order valence-electron chi connectivity index (χ0n) is 11.2. The lowest BCUT2D eigenvalue weighted by Gasteiger charge is -2.12. The fourth-order valence-corrected chi connectivity index (χ4v) is 2.72. The molecular formula is C16H19NOS. The fraction of sp³-hybridized carbons (Fsp3) is 0.375. The van der Waals surface area contributed by atoms with Gasteiger partial charge in [-0.05, 0) is 48.2 Å². The Morgan fingerprint density at radius 1 is 1.32 bits per heavy atom. The molecule has 1 N–H and O–H groups in total. The molecule has 0 aliphatic heterocycles. The molecule has 0 spiro atoms. The number of hydrogen-bond donors (Lipinski definition) is 1. The molecule has 1 aliphatic carbocycles. The molecule has 3 rings (SSSR count). The van der Waals surface area contributed by atoms with Gasteiger partial charge in [0.15, 0.2) is 0 Å². The van der Waals surface area contributed by atoms with Crippen LogP contribution in [0.15, 0.2) is 35.0 Å². The number of rotatable bonds is 6. The van der Waals surface area contributed by atoms with Crippen LogP contribution in [0, 0.1) is 6.92 Å². The van der Waals surface area contributed by atoms with E-state index in [0.29, 0.717) is 6.61 Å². The number of nitrogens with one attached hydrogen (secondary N) is 1. The minimum absolute atomic E-state index is 0.656. The molecule has 0 saturated heterocycles. The van der Waals surface area contributed by atoms with E-state index < -0.39 is 0 Å². The van der Waals surface area contributed by atoms with Crippen LogP contribution in [0.2, 0.25) is 0 Å². The van der Waals surface area contributed by atoms with E-state index in [0.717, 1.165) is 18.3 Å². The maximum Gasteiger partial charge on any atom is 0.124 e. The van der Waals surface area contributed by atoms with Crippen LogP contribution in [0.25, 0.3) is 0 Å². The van der Waals surface area contributed by atoms with Gasteiger partial charge in [0.05, 0.1) is 0 Å². The summed E-state index contributed by atoms with van der Waals surface area (Å²) in [6.07, 6.45) is 2.63. The number of benzene rings is 1. The number of ether oxygens (including phenoxy) is 1. The first-order valence-corrected chi connectivity index (χ1v) is 7.72. The molecule has 2 aromatic rings. The molecule has 100 valence electrons. The van der Waals surface area contributed by atoms with Crippen LogP contribution in [0.5, 0.6) is 5.75 Å². The van der Waals surface area contributed by atoms with Crippen molar-refractivity contribution in [3.63, 3.8) is 0 Å². The van der Waals surface area contributed by atoms with Gasteiger partial charge in [0.2, 0.25) is 0 Å².